The lowest BCUT2D eigenvalue weighted by Gasteiger charge is -2.13. The number of hydrogen-bond acceptors (Lipinski definition) is 3. The highest BCUT2D eigenvalue weighted by atomic mass is 16.5. The summed E-state index contributed by atoms with van der Waals surface area (Å²) in [6.45, 7) is 6.26. The molecule has 0 saturated carbocycles. The number of rotatable bonds is 6. The summed E-state index contributed by atoms with van der Waals surface area (Å²) >= 11 is 0. The van der Waals surface area contributed by atoms with Crippen LogP contribution >= 0.6 is 0 Å². The molecule has 1 amide bonds. The van der Waals surface area contributed by atoms with Crippen LogP contribution < -0.4 is 5.32 Å². The predicted molar refractivity (Wildman–Crippen MR) is 58.3 cm³/mol. The van der Waals surface area contributed by atoms with E-state index in [2.05, 4.69) is 23.9 Å². The van der Waals surface area contributed by atoms with Gasteiger partial charge in [0.25, 0.3) is 0 Å². The Bertz CT molecular complexity index is 214. The van der Waals surface area contributed by atoms with Crippen molar-refractivity contribution in [3.63, 3.8) is 0 Å². The molecule has 0 aromatic carbocycles. The van der Waals surface area contributed by atoms with Crippen molar-refractivity contribution in [1.82, 2.24) is 5.32 Å². The van der Waals surface area contributed by atoms with Crippen molar-refractivity contribution in [1.29, 1.82) is 0 Å². The fourth-order valence-electron chi connectivity index (χ4n) is 1.52. The molecule has 0 heterocycles. The van der Waals surface area contributed by atoms with E-state index in [-0.39, 0.29) is 12.5 Å². The van der Waals surface area contributed by atoms with Crippen molar-refractivity contribution in [2.24, 2.45) is 11.8 Å². The van der Waals surface area contributed by atoms with Crippen LogP contribution in [0.15, 0.2) is 0 Å². The average molecular weight is 215 g/mol. The van der Waals surface area contributed by atoms with E-state index in [1.165, 1.54) is 7.11 Å². The summed E-state index contributed by atoms with van der Waals surface area (Å²) < 4.78 is 4.42. The lowest BCUT2D eigenvalue weighted by atomic mass is 9.96. The average Bonchev–Trinajstić information content (AvgIpc) is 2.12. The summed E-state index contributed by atoms with van der Waals surface area (Å²) in [6, 6.07) is 0. The summed E-state index contributed by atoms with van der Waals surface area (Å²) in [7, 11) is 1.30. The first-order valence-electron chi connectivity index (χ1n) is 5.29. The lowest BCUT2D eigenvalue weighted by molar-refractivity contribution is -0.141. The van der Waals surface area contributed by atoms with Gasteiger partial charge in [-0.05, 0) is 18.3 Å². The maximum atomic E-state index is 11.3. The van der Waals surface area contributed by atoms with Gasteiger partial charge in [-0.3, -0.25) is 9.59 Å². The molecule has 0 aromatic heterocycles. The highest BCUT2D eigenvalue weighted by Crippen LogP contribution is 2.13. The highest BCUT2D eigenvalue weighted by molar-refractivity contribution is 5.81. The molecule has 1 N–H and O–H groups in total. The van der Waals surface area contributed by atoms with E-state index in [0.29, 0.717) is 18.3 Å². The fraction of sp³-hybridized carbons (Fsp3) is 0.818. The maximum Gasteiger partial charge on any atom is 0.325 e. The van der Waals surface area contributed by atoms with Crippen LogP contribution in [0.1, 0.15) is 33.6 Å². The van der Waals surface area contributed by atoms with E-state index < -0.39 is 5.97 Å². The van der Waals surface area contributed by atoms with Crippen molar-refractivity contribution in [3.05, 3.63) is 0 Å². The molecule has 0 spiro atoms. The summed E-state index contributed by atoms with van der Waals surface area (Å²) in [5, 5.41) is 2.52. The van der Waals surface area contributed by atoms with Crippen LogP contribution in [0.4, 0.5) is 0 Å². The number of hydrogen-bond donors (Lipinski definition) is 1. The minimum atomic E-state index is -0.417. The van der Waals surface area contributed by atoms with Gasteiger partial charge < -0.3 is 10.1 Å². The molecule has 15 heavy (non-hydrogen) atoms. The molecule has 1 unspecified atom stereocenters. The fourth-order valence-corrected chi connectivity index (χ4v) is 1.52. The SMILES string of the molecule is COC(=O)CNC(=O)CC(C)CC(C)C. The second-order valence-electron chi connectivity index (χ2n) is 4.29. The maximum absolute atomic E-state index is 11.3. The first-order valence-corrected chi connectivity index (χ1v) is 5.29. The van der Waals surface area contributed by atoms with E-state index in [0.717, 1.165) is 6.42 Å². The molecule has 4 heteroatoms. The molecule has 88 valence electrons. The molecule has 0 aliphatic carbocycles. The molecule has 0 aromatic rings. The third-order valence-corrected chi connectivity index (χ3v) is 2.07. The molecular formula is C11H21NO3. The normalized spacial score (nSPS) is 12.3. The van der Waals surface area contributed by atoms with Crippen LogP contribution in [0, 0.1) is 11.8 Å². The highest BCUT2D eigenvalue weighted by Gasteiger charge is 2.11. The van der Waals surface area contributed by atoms with Crippen molar-refractivity contribution >= 4 is 11.9 Å². The van der Waals surface area contributed by atoms with E-state index in [9.17, 15) is 9.59 Å². The van der Waals surface area contributed by atoms with Gasteiger partial charge in [0.15, 0.2) is 0 Å². The number of carbonyl (C=O) groups excluding carboxylic acids is 2. The molecule has 0 aliphatic rings. The topological polar surface area (TPSA) is 55.4 Å². The zero-order valence-corrected chi connectivity index (χ0v) is 10.0. The number of esters is 1. The van der Waals surface area contributed by atoms with Crippen LogP contribution in [-0.4, -0.2) is 25.5 Å². The van der Waals surface area contributed by atoms with Gasteiger partial charge in [0.1, 0.15) is 6.54 Å². The van der Waals surface area contributed by atoms with Gasteiger partial charge in [0.05, 0.1) is 7.11 Å². The predicted octanol–water partition coefficient (Wildman–Crippen LogP) is 1.35. The minimum absolute atomic E-state index is 0.0380. The summed E-state index contributed by atoms with van der Waals surface area (Å²) in [4.78, 5) is 22.1. The molecule has 0 rings (SSSR count). The Morgan fingerprint density at radius 3 is 2.33 bits per heavy atom. The van der Waals surface area contributed by atoms with Gasteiger partial charge in [-0.25, -0.2) is 0 Å². The third kappa shape index (κ3) is 7.97. The number of amides is 1. The number of methoxy groups -OCH3 is 1. The number of nitrogens with one attached hydrogen (secondary N) is 1. The minimum Gasteiger partial charge on any atom is -0.468 e. The Balaban J connectivity index is 3.69. The number of ether oxygens (including phenoxy) is 1. The summed E-state index contributed by atoms with van der Waals surface area (Å²) in [5.74, 6) is 0.435. The van der Waals surface area contributed by atoms with Crippen molar-refractivity contribution < 1.29 is 14.3 Å². The van der Waals surface area contributed by atoms with Crippen LogP contribution in [0.25, 0.3) is 0 Å². The molecule has 4 nitrogen and oxygen atoms in total. The molecule has 0 fully saturated rings. The Morgan fingerprint density at radius 2 is 1.87 bits per heavy atom. The second-order valence-corrected chi connectivity index (χ2v) is 4.29. The first-order chi connectivity index (χ1) is 6.95. The van der Waals surface area contributed by atoms with Crippen molar-refractivity contribution in [3.8, 4) is 0 Å². The second kappa shape index (κ2) is 7.26. The molecular weight excluding hydrogens is 194 g/mol. The molecule has 0 bridgehead atoms. The molecule has 0 radical (unpaired) electrons. The Labute approximate surface area is 91.4 Å². The van der Waals surface area contributed by atoms with Gasteiger partial charge in [-0.1, -0.05) is 20.8 Å². The summed E-state index contributed by atoms with van der Waals surface area (Å²) in [6.07, 6.45) is 1.49. The standard InChI is InChI=1S/C11H21NO3/c1-8(2)5-9(3)6-10(13)12-7-11(14)15-4/h8-9H,5-7H2,1-4H3,(H,12,13). The smallest absolute Gasteiger partial charge is 0.325 e. The molecule has 0 saturated heterocycles. The van der Waals surface area contributed by atoms with E-state index in [1.807, 2.05) is 6.92 Å². The third-order valence-electron chi connectivity index (χ3n) is 2.07. The monoisotopic (exact) mass is 215 g/mol. The molecule has 1 atom stereocenters. The van der Waals surface area contributed by atoms with Gasteiger partial charge in [0.2, 0.25) is 5.91 Å². The van der Waals surface area contributed by atoms with Crippen LogP contribution in [0.5, 0.6) is 0 Å². The van der Waals surface area contributed by atoms with Gasteiger partial charge >= 0.3 is 5.97 Å². The zero-order valence-electron chi connectivity index (χ0n) is 10.0. The van der Waals surface area contributed by atoms with Crippen LogP contribution in [0.3, 0.4) is 0 Å². The van der Waals surface area contributed by atoms with Crippen LogP contribution in [0.2, 0.25) is 0 Å². The van der Waals surface area contributed by atoms with E-state index in [4.69, 9.17) is 0 Å². The van der Waals surface area contributed by atoms with Gasteiger partial charge in [-0.2, -0.15) is 0 Å². The molecule has 0 aliphatic heterocycles. The van der Waals surface area contributed by atoms with Crippen molar-refractivity contribution in [2.45, 2.75) is 33.6 Å². The largest absolute Gasteiger partial charge is 0.468 e. The zero-order chi connectivity index (χ0) is 11.8. The lowest BCUT2D eigenvalue weighted by Crippen LogP contribution is -2.31. The first kappa shape index (κ1) is 13.9. The Morgan fingerprint density at radius 1 is 1.27 bits per heavy atom. The number of carbonyl (C=O) groups is 2. The van der Waals surface area contributed by atoms with Gasteiger partial charge in [0, 0.05) is 6.42 Å². The van der Waals surface area contributed by atoms with Crippen molar-refractivity contribution in [2.75, 3.05) is 13.7 Å². The Hall–Kier alpha value is -1.06. The van der Waals surface area contributed by atoms with Crippen LogP contribution in [-0.2, 0) is 14.3 Å². The quantitative estimate of drug-likeness (QED) is 0.680. The summed E-state index contributed by atoms with van der Waals surface area (Å²) in [5.41, 5.74) is 0. The van der Waals surface area contributed by atoms with E-state index >= 15 is 0 Å². The Kier molecular flexibility index (Phi) is 6.75. The van der Waals surface area contributed by atoms with Gasteiger partial charge in [-0.15, -0.1) is 0 Å². The van der Waals surface area contributed by atoms with E-state index in [1.54, 1.807) is 0 Å².